The van der Waals surface area contributed by atoms with Crippen LogP contribution in [0.5, 0.6) is 0 Å². The monoisotopic (exact) mass is 295 g/mol. The lowest BCUT2D eigenvalue weighted by Crippen LogP contribution is -2.06. The Morgan fingerprint density at radius 3 is 2.27 bits per heavy atom. The molecule has 0 fully saturated rings. The lowest BCUT2D eigenvalue weighted by Gasteiger charge is -2.02. The summed E-state index contributed by atoms with van der Waals surface area (Å²) in [5.41, 5.74) is 1.48. The fourth-order valence-electron chi connectivity index (χ4n) is 2.49. The molecule has 22 heavy (non-hydrogen) atoms. The lowest BCUT2D eigenvalue weighted by atomic mass is 10.0. The minimum atomic E-state index is -0.549. The third-order valence-electron chi connectivity index (χ3n) is 3.64. The first-order valence-electron chi connectivity index (χ1n) is 7.04. The van der Waals surface area contributed by atoms with Gasteiger partial charge < -0.3 is 4.98 Å². The molecule has 0 unspecified atom stereocenters. The quantitative estimate of drug-likeness (QED) is 0.719. The number of fused-ring (bicyclic) bond motifs is 1. The number of halogens is 1. The second-order valence-corrected chi connectivity index (χ2v) is 5.07. The molecule has 0 spiro atoms. The van der Waals surface area contributed by atoms with Crippen molar-refractivity contribution in [3.8, 4) is 0 Å². The summed E-state index contributed by atoms with van der Waals surface area (Å²) in [7, 11) is 0. The van der Waals surface area contributed by atoms with Gasteiger partial charge in [-0.3, -0.25) is 9.59 Å². The predicted octanol–water partition coefficient (Wildman–Crippen LogP) is 4.15. The van der Waals surface area contributed by atoms with Crippen LogP contribution in [0.15, 0.2) is 54.7 Å². The van der Waals surface area contributed by atoms with Crippen molar-refractivity contribution in [3.05, 3.63) is 71.7 Å². The highest BCUT2D eigenvalue weighted by molar-refractivity contribution is 6.09. The molecule has 110 valence electrons. The highest BCUT2D eigenvalue weighted by Crippen LogP contribution is 2.20. The number of H-pyrrole nitrogens is 1. The van der Waals surface area contributed by atoms with Gasteiger partial charge in [0.15, 0.2) is 11.6 Å². The Kier molecular flexibility index (Phi) is 3.83. The third-order valence-corrected chi connectivity index (χ3v) is 3.64. The van der Waals surface area contributed by atoms with Gasteiger partial charge in [-0.05, 0) is 18.2 Å². The first-order valence-corrected chi connectivity index (χ1v) is 7.04. The van der Waals surface area contributed by atoms with Gasteiger partial charge in [-0.15, -0.1) is 0 Å². The fraction of sp³-hybridized carbons (Fsp3) is 0.111. The van der Waals surface area contributed by atoms with Gasteiger partial charge in [-0.1, -0.05) is 30.3 Å². The molecule has 0 saturated carbocycles. The Labute approximate surface area is 126 Å². The van der Waals surface area contributed by atoms with E-state index in [0.29, 0.717) is 5.56 Å². The van der Waals surface area contributed by atoms with E-state index in [1.165, 1.54) is 18.2 Å². The molecule has 0 amide bonds. The van der Waals surface area contributed by atoms with Gasteiger partial charge in [0.05, 0.1) is 5.56 Å². The number of rotatable bonds is 5. The smallest absolute Gasteiger partial charge is 0.166 e. The number of aromatic amines is 1. The lowest BCUT2D eigenvalue weighted by molar-refractivity contribution is 0.0916. The van der Waals surface area contributed by atoms with Crippen LogP contribution >= 0.6 is 0 Å². The van der Waals surface area contributed by atoms with Crippen LogP contribution in [-0.4, -0.2) is 16.6 Å². The van der Waals surface area contributed by atoms with Crippen LogP contribution in [-0.2, 0) is 0 Å². The number of ketones is 2. The van der Waals surface area contributed by atoms with Crippen molar-refractivity contribution in [2.24, 2.45) is 0 Å². The number of para-hydroxylation sites is 1. The SMILES string of the molecule is O=C(CCC(=O)c1c[nH]c2ccccc12)c1ccccc1F. The molecule has 0 aliphatic carbocycles. The van der Waals surface area contributed by atoms with Crippen molar-refractivity contribution in [3.63, 3.8) is 0 Å². The summed E-state index contributed by atoms with van der Waals surface area (Å²) in [6, 6.07) is 13.3. The van der Waals surface area contributed by atoms with E-state index < -0.39 is 5.82 Å². The van der Waals surface area contributed by atoms with E-state index in [4.69, 9.17) is 0 Å². The van der Waals surface area contributed by atoms with Gasteiger partial charge in [0, 0.05) is 35.5 Å². The molecule has 1 aromatic heterocycles. The molecule has 3 rings (SSSR count). The van der Waals surface area contributed by atoms with Gasteiger partial charge in [0.1, 0.15) is 5.82 Å². The third kappa shape index (κ3) is 2.68. The van der Waals surface area contributed by atoms with E-state index in [0.717, 1.165) is 10.9 Å². The van der Waals surface area contributed by atoms with Crippen LogP contribution < -0.4 is 0 Å². The number of hydrogen-bond acceptors (Lipinski definition) is 2. The molecule has 3 aromatic rings. The summed E-state index contributed by atoms with van der Waals surface area (Å²) in [6.07, 6.45) is 1.72. The summed E-state index contributed by atoms with van der Waals surface area (Å²) in [4.78, 5) is 27.3. The Balaban J connectivity index is 1.73. The van der Waals surface area contributed by atoms with Crippen molar-refractivity contribution < 1.29 is 14.0 Å². The zero-order valence-electron chi connectivity index (χ0n) is 11.8. The maximum absolute atomic E-state index is 13.5. The highest BCUT2D eigenvalue weighted by atomic mass is 19.1. The average Bonchev–Trinajstić information content (AvgIpc) is 2.97. The van der Waals surface area contributed by atoms with Gasteiger partial charge in [0.2, 0.25) is 0 Å². The van der Waals surface area contributed by atoms with Gasteiger partial charge in [0.25, 0.3) is 0 Å². The van der Waals surface area contributed by atoms with E-state index in [1.54, 1.807) is 12.3 Å². The van der Waals surface area contributed by atoms with E-state index >= 15 is 0 Å². The summed E-state index contributed by atoms with van der Waals surface area (Å²) in [5.74, 6) is -1.03. The Bertz CT molecular complexity index is 851. The van der Waals surface area contributed by atoms with Crippen molar-refractivity contribution in [2.75, 3.05) is 0 Å². The molecular weight excluding hydrogens is 281 g/mol. The second kappa shape index (κ2) is 5.93. The zero-order valence-corrected chi connectivity index (χ0v) is 11.8. The van der Waals surface area contributed by atoms with E-state index in [1.807, 2.05) is 24.3 Å². The van der Waals surface area contributed by atoms with Crippen LogP contribution in [0.1, 0.15) is 33.6 Å². The van der Waals surface area contributed by atoms with Crippen molar-refractivity contribution in [1.82, 2.24) is 4.98 Å². The van der Waals surface area contributed by atoms with Crippen molar-refractivity contribution >= 4 is 22.5 Å². The van der Waals surface area contributed by atoms with E-state index in [-0.39, 0.29) is 30.0 Å². The van der Waals surface area contributed by atoms with Crippen LogP contribution in [0.25, 0.3) is 10.9 Å². The summed E-state index contributed by atoms with van der Waals surface area (Å²) in [6.45, 7) is 0. The number of aromatic nitrogens is 1. The maximum atomic E-state index is 13.5. The maximum Gasteiger partial charge on any atom is 0.166 e. The normalized spacial score (nSPS) is 10.8. The van der Waals surface area contributed by atoms with Crippen LogP contribution in [0.2, 0.25) is 0 Å². The number of nitrogens with one attached hydrogen (secondary N) is 1. The Morgan fingerprint density at radius 1 is 0.864 bits per heavy atom. The molecule has 0 bridgehead atoms. The molecule has 0 aliphatic rings. The van der Waals surface area contributed by atoms with Crippen molar-refractivity contribution in [2.45, 2.75) is 12.8 Å². The topological polar surface area (TPSA) is 49.9 Å². The molecule has 0 aliphatic heterocycles. The Hall–Kier alpha value is -2.75. The first-order chi connectivity index (χ1) is 10.7. The number of hydrogen-bond donors (Lipinski definition) is 1. The minimum absolute atomic E-state index is 0.000721. The molecule has 4 heteroatoms. The molecule has 0 saturated heterocycles. The number of Topliss-reactive ketones (excluding diaryl/α,β-unsaturated/α-hetero) is 2. The molecular formula is C18H14FNO2. The standard InChI is InChI=1S/C18H14FNO2/c19-15-7-3-1-6-13(15)17(21)9-10-18(22)14-11-20-16-8-4-2-5-12(14)16/h1-8,11,20H,9-10H2. The van der Waals surface area contributed by atoms with E-state index in [9.17, 15) is 14.0 Å². The number of carbonyl (C=O) groups excluding carboxylic acids is 2. The largest absolute Gasteiger partial charge is 0.360 e. The van der Waals surface area contributed by atoms with Gasteiger partial charge in [-0.25, -0.2) is 4.39 Å². The predicted molar refractivity (Wildman–Crippen MR) is 82.6 cm³/mol. The van der Waals surface area contributed by atoms with Crippen LogP contribution in [0.4, 0.5) is 4.39 Å². The number of carbonyl (C=O) groups is 2. The van der Waals surface area contributed by atoms with Gasteiger partial charge >= 0.3 is 0 Å². The molecule has 1 heterocycles. The Morgan fingerprint density at radius 2 is 1.50 bits per heavy atom. The number of benzene rings is 2. The molecule has 0 radical (unpaired) electrons. The van der Waals surface area contributed by atoms with Crippen LogP contribution in [0.3, 0.4) is 0 Å². The summed E-state index contributed by atoms with van der Waals surface area (Å²) in [5, 5.41) is 0.839. The first kappa shape index (κ1) is 14.2. The summed E-state index contributed by atoms with van der Waals surface area (Å²) >= 11 is 0. The van der Waals surface area contributed by atoms with Crippen LogP contribution in [0, 0.1) is 5.82 Å². The molecule has 3 nitrogen and oxygen atoms in total. The van der Waals surface area contributed by atoms with Gasteiger partial charge in [-0.2, -0.15) is 0 Å². The average molecular weight is 295 g/mol. The minimum Gasteiger partial charge on any atom is -0.360 e. The van der Waals surface area contributed by atoms with Crippen molar-refractivity contribution in [1.29, 1.82) is 0 Å². The molecule has 2 aromatic carbocycles. The second-order valence-electron chi connectivity index (χ2n) is 5.07. The zero-order chi connectivity index (χ0) is 15.5. The molecule has 0 atom stereocenters. The van der Waals surface area contributed by atoms with E-state index in [2.05, 4.69) is 4.98 Å². The fourth-order valence-corrected chi connectivity index (χ4v) is 2.49. The highest BCUT2D eigenvalue weighted by Gasteiger charge is 2.16. The summed E-state index contributed by atoms with van der Waals surface area (Å²) < 4.78 is 13.5. The molecule has 1 N–H and O–H groups in total.